The van der Waals surface area contributed by atoms with E-state index in [0.717, 1.165) is 30.9 Å². The average molecular weight is 325 g/mol. The van der Waals surface area contributed by atoms with Gasteiger partial charge in [0.1, 0.15) is 5.82 Å². The largest absolute Gasteiger partial charge is 0.417 e. The van der Waals surface area contributed by atoms with E-state index < -0.39 is 11.7 Å². The highest BCUT2D eigenvalue weighted by atomic mass is 19.4. The molecule has 5 nitrogen and oxygen atoms in total. The number of anilines is 1. The first-order valence-electron chi connectivity index (χ1n) is 7.23. The maximum Gasteiger partial charge on any atom is 0.417 e. The number of hydrogen-bond donors (Lipinski definition) is 2. The fourth-order valence-corrected chi connectivity index (χ4v) is 1.93. The summed E-state index contributed by atoms with van der Waals surface area (Å²) >= 11 is 0. The molecule has 0 saturated carbocycles. The molecule has 0 bridgehead atoms. The van der Waals surface area contributed by atoms with Gasteiger partial charge in [0, 0.05) is 37.4 Å². The third-order valence-corrected chi connectivity index (χ3v) is 3.23. The molecule has 8 heteroatoms. The molecule has 0 amide bonds. The normalized spacial score (nSPS) is 12.9. The third-order valence-electron chi connectivity index (χ3n) is 3.23. The van der Waals surface area contributed by atoms with E-state index in [1.54, 1.807) is 18.6 Å². The molecule has 0 spiro atoms. The predicted octanol–water partition coefficient (Wildman–Crippen LogP) is 3.04. The van der Waals surface area contributed by atoms with Crippen LogP contribution < -0.4 is 10.6 Å². The summed E-state index contributed by atoms with van der Waals surface area (Å²) in [5.41, 5.74) is 0.118. The Balaban J connectivity index is 1.68. The number of halogens is 3. The van der Waals surface area contributed by atoms with Gasteiger partial charge in [0.25, 0.3) is 0 Å². The minimum Gasteiger partial charge on any atom is -0.370 e. The van der Waals surface area contributed by atoms with Crippen LogP contribution in [0.15, 0.2) is 36.9 Å². The van der Waals surface area contributed by atoms with Crippen LogP contribution in [0.25, 0.3) is 0 Å². The minimum atomic E-state index is -4.36. The molecule has 0 radical (unpaired) electrons. The molecule has 0 saturated heterocycles. The molecule has 2 aromatic rings. The van der Waals surface area contributed by atoms with Crippen LogP contribution in [0.4, 0.5) is 19.0 Å². The molecule has 0 aliphatic heterocycles. The van der Waals surface area contributed by atoms with Crippen LogP contribution >= 0.6 is 0 Å². The molecule has 2 rings (SSSR count). The maximum absolute atomic E-state index is 12.4. The zero-order valence-corrected chi connectivity index (χ0v) is 12.6. The Labute approximate surface area is 132 Å². The van der Waals surface area contributed by atoms with Gasteiger partial charge in [0.05, 0.1) is 11.3 Å². The Kier molecular flexibility index (Phi) is 5.86. The Bertz CT molecular complexity index is 586. The van der Waals surface area contributed by atoms with Crippen LogP contribution in [0.1, 0.15) is 30.6 Å². The maximum atomic E-state index is 12.4. The highest BCUT2D eigenvalue weighted by Crippen LogP contribution is 2.28. The number of nitrogens with zero attached hydrogens (tertiary/aromatic N) is 3. The Hall–Kier alpha value is -2.22. The van der Waals surface area contributed by atoms with E-state index in [0.29, 0.717) is 12.4 Å². The van der Waals surface area contributed by atoms with Crippen molar-refractivity contribution in [2.75, 3.05) is 18.4 Å². The second kappa shape index (κ2) is 7.87. The molecule has 124 valence electrons. The average Bonchev–Trinajstić information content (AvgIpc) is 2.55. The number of rotatable bonds is 7. The summed E-state index contributed by atoms with van der Waals surface area (Å²) in [6, 6.07) is 2.44. The highest BCUT2D eigenvalue weighted by Gasteiger charge is 2.30. The van der Waals surface area contributed by atoms with Crippen molar-refractivity contribution in [3.05, 3.63) is 48.2 Å². The molecular weight excluding hydrogens is 307 g/mol. The Morgan fingerprint density at radius 1 is 1.09 bits per heavy atom. The van der Waals surface area contributed by atoms with Crippen molar-refractivity contribution in [1.82, 2.24) is 20.3 Å². The van der Waals surface area contributed by atoms with Gasteiger partial charge in [-0.25, -0.2) is 4.98 Å². The zero-order chi connectivity index (χ0) is 16.7. The lowest BCUT2D eigenvalue weighted by Gasteiger charge is -2.13. The molecule has 1 atom stereocenters. The van der Waals surface area contributed by atoms with Gasteiger partial charge >= 0.3 is 6.18 Å². The third kappa shape index (κ3) is 5.48. The molecule has 2 aromatic heterocycles. The van der Waals surface area contributed by atoms with Crippen molar-refractivity contribution < 1.29 is 13.2 Å². The van der Waals surface area contributed by atoms with E-state index in [9.17, 15) is 13.2 Å². The van der Waals surface area contributed by atoms with Crippen LogP contribution in [0.5, 0.6) is 0 Å². The number of aromatic nitrogens is 3. The zero-order valence-electron chi connectivity index (χ0n) is 12.6. The van der Waals surface area contributed by atoms with E-state index in [4.69, 9.17) is 0 Å². The summed E-state index contributed by atoms with van der Waals surface area (Å²) in [5.74, 6) is 0.431. The molecule has 23 heavy (non-hydrogen) atoms. The van der Waals surface area contributed by atoms with Crippen molar-refractivity contribution in [3.8, 4) is 0 Å². The summed E-state index contributed by atoms with van der Waals surface area (Å²) < 4.78 is 37.2. The van der Waals surface area contributed by atoms with Crippen LogP contribution in [-0.2, 0) is 6.18 Å². The van der Waals surface area contributed by atoms with Crippen LogP contribution in [0, 0.1) is 0 Å². The number of nitrogens with one attached hydrogen (secondary N) is 2. The molecule has 0 unspecified atom stereocenters. The number of alkyl halides is 3. The summed E-state index contributed by atoms with van der Waals surface area (Å²) in [5, 5.41) is 6.29. The quantitative estimate of drug-likeness (QED) is 0.766. The number of pyridine rings is 1. The topological polar surface area (TPSA) is 62.7 Å². The van der Waals surface area contributed by atoms with E-state index in [-0.39, 0.29) is 6.04 Å². The fraction of sp³-hybridized carbons (Fsp3) is 0.400. The van der Waals surface area contributed by atoms with E-state index in [2.05, 4.69) is 25.6 Å². The van der Waals surface area contributed by atoms with Crippen molar-refractivity contribution in [3.63, 3.8) is 0 Å². The van der Waals surface area contributed by atoms with Crippen LogP contribution in [-0.4, -0.2) is 28.0 Å². The summed E-state index contributed by atoms with van der Waals surface area (Å²) in [7, 11) is 0. The van der Waals surface area contributed by atoms with Gasteiger partial charge < -0.3 is 10.6 Å². The highest BCUT2D eigenvalue weighted by molar-refractivity contribution is 5.35. The lowest BCUT2D eigenvalue weighted by Crippen LogP contribution is -2.22. The lowest BCUT2D eigenvalue weighted by atomic mass is 10.2. The first-order valence-corrected chi connectivity index (χ1v) is 7.23. The van der Waals surface area contributed by atoms with E-state index in [1.165, 1.54) is 6.07 Å². The summed E-state index contributed by atoms with van der Waals surface area (Å²) in [6.45, 7) is 3.35. The molecule has 2 N–H and O–H groups in total. The summed E-state index contributed by atoms with van der Waals surface area (Å²) in [6.07, 6.45) is 2.25. The van der Waals surface area contributed by atoms with Gasteiger partial charge in [-0.3, -0.25) is 9.97 Å². The molecule has 0 aliphatic carbocycles. The van der Waals surface area contributed by atoms with Crippen LogP contribution in [0.2, 0.25) is 0 Å². The first kappa shape index (κ1) is 17.1. The first-order chi connectivity index (χ1) is 11.0. The van der Waals surface area contributed by atoms with Gasteiger partial charge in [-0.2, -0.15) is 13.2 Å². The second-order valence-corrected chi connectivity index (χ2v) is 5.02. The van der Waals surface area contributed by atoms with E-state index >= 15 is 0 Å². The van der Waals surface area contributed by atoms with Crippen molar-refractivity contribution in [2.24, 2.45) is 0 Å². The lowest BCUT2D eigenvalue weighted by molar-refractivity contribution is -0.137. The predicted molar refractivity (Wildman–Crippen MR) is 80.8 cm³/mol. The molecule has 0 aliphatic rings. The van der Waals surface area contributed by atoms with Crippen LogP contribution in [0.3, 0.4) is 0 Å². The SMILES string of the molecule is C[C@H](NCCCNc1ccc(C(F)(F)F)cn1)c1cnccn1. The van der Waals surface area contributed by atoms with Gasteiger partial charge in [0.15, 0.2) is 0 Å². The van der Waals surface area contributed by atoms with E-state index in [1.807, 2.05) is 6.92 Å². The van der Waals surface area contributed by atoms with Crippen molar-refractivity contribution in [1.29, 1.82) is 0 Å². The van der Waals surface area contributed by atoms with Gasteiger partial charge in [-0.1, -0.05) is 0 Å². The van der Waals surface area contributed by atoms with Gasteiger partial charge in [-0.05, 0) is 32.0 Å². The standard InChI is InChI=1S/C15H18F3N5/c1-11(13-10-19-7-8-21-13)20-5-2-6-22-14-4-3-12(9-23-14)15(16,17)18/h3-4,7-11,20H,2,5-6H2,1H3,(H,22,23)/t11-/m0/s1. The second-order valence-electron chi connectivity index (χ2n) is 5.02. The van der Waals surface area contributed by atoms with Gasteiger partial charge in [0.2, 0.25) is 0 Å². The Morgan fingerprint density at radius 2 is 1.91 bits per heavy atom. The molecular formula is C15H18F3N5. The molecule has 0 fully saturated rings. The van der Waals surface area contributed by atoms with Crippen molar-refractivity contribution >= 4 is 5.82 Å². The Morgan fingerprint density at radius 3 is 2.52 bits per heavy atom. The molecule has 0 aromatic carbocycles. The smallest absolute Gasteiger partial charge is 0.370 e. The van der Waals surface area contributed by atoms with Crippen molar-refractivity contribution in [2.45, 2.75) is 25.6 Å². The molecule has 2 heterocycles. The minimum absolute atomic E-state index is 0.0906. The summed E-state index contributed by atoms with van der Waals surface area (Å²) in [4.78, 5) is 12.0. The van der Waals surface area contributed by atoms with Gasteiger partial charge in [-0.15, -0.1) is 0 Å². The number of hydrogen-bond acceptors (Lipinski definition) is 5. The fourth-order valence-electron chi connectivity index (χ4n) is 1.93. The monoisotopic (exact) mass is 325 g/mol.